The van der Waals surface area contributed by atoms with Crippen LogP contribution in [-0.4, -0.2) is 41.5 Å². The van der Waals surface area contributed by atoms with E-state index in [9.17, 15) is 8.78 Å². The van der Waals surface area contributed by atoms with Crippen LogP contribution in [0.1, 0.15) is 30.1 Å². The molecular formula is C20H22F2N2O. The third kappa shape index (κ3) is 2.44. The van der Waals surface area contributed by atoms with Crippen LogP contribution in [0, 0.1) is 17.6 Å². The molecule has 1 aromatic heterocycles. The molecule has 0 radical (unpaired) electrons. The fourth-order valence-electron chi connectivity index (χ4n) is 5.40. The first kappa shape index (κ1) is 15.5. The summed E-state index contributed by atoms with van der Waals surface area (Å²) in [4.78, 5) is 4.94. The third-order valence-electron chi connectivity index (χ3n) is 6.41. The first-order valence-corrected chi connectivity index (χ1v) is 9.17. The molecule has 1 aromatic carbocycles. The molecule has 3 atom stereocenters. The predicted octanol–water partition coefficient (Wildman–Crippen LogP) is 3.62. The minimum atomic E-state index is -0.741. The molecule has 0 unspecified atom stereocenters. The molecule has 25 heavy (non-hydrogen) atoms. The Bertz CT molecular complexity index is 755. The zero-order chi connectivity index (χ0) is 17.0. The van der Waals surface area contributed by atoms with Gasteiger partial charge in [-0.25, -0.2) is 8.78 Å². The molecule has 5 heterocycles. The van der Waals surface area contributed by atoms with Crippen molar-refractivity contribution in [2.45, 2.75) is 37.4 Å². The first-order valence-electron chi connectivity index (χ1n) is 9.17. The Kier molecular flexibility index (Phi) is 3.68. The van der Waals surface area contributed by atoms with E-state index in [2.05, 4.69) is 9.80 Å². The van der Waals surface area contributed by atoms with Crippen molar-refractivity contribution in [3.05, 3.63) is 59.6 Å². The van der Waals surface area contributed by atoms with E-state index in [4.69, 9.17) is 4.42 Å². The Morgan fingerprint density at radius 3 is 2.64 bits per heavy atom. The van der Waals surface area contributed by atoms with Gasteiger partial charge in [0, 0.05) is 24.5 Å². The van der Waals surface area contributed by atoms with Crippen molar-refractivity contribution in [1.82, 2.24) is 9.80 Å². The number of likely N-dealkylation sites (tertiary alicyclic amines) is 1. The van der Waals surface area contributed by atoms with E-state index in [0.717, 1.165) is 31.9 Å². The average molecular weight is 344 g/mol. The number of halogens is 2. The Morgan fingerprint density at radius 2 is 1.88 bits per heavy atom. The van der Waals surface area contributed by atoms with Crippen LogP contribution in [0.2, 0.25) is 0 Å². The number of nitrogens with zero attached hydrogens (tertiary/aromatic N) is 2. The van der Waals surface area contributed by atoms with Gasteiger partial charge in [-0.3, -0.25) is 9.80 Å². The van der Waals surface area contributed by atoms with Crippen molar-refractivity contribution in [1.29, 1.82) is 0 Å². The lowest BCUT2D eigenvalue weighted by molar-refractivity contribution is -0.0103. The summed E-state index contributed by atoms with van der Waals surface area (Å²) in [5, 5.41) is 0. The molecule has 3 nitrogen and oxygen atoms in total. The highest BCUT2D eigenvalue weighted by molar-refractivity contribution is 5.29. The van der Waals surface area contributed by atoms with Gasteiger partial charge in [0.05, 0.1) is 12.8 Å². The maximum Gasteiger partial charge on any atom is 0.162 e. The molecule has 5 heteroatoms. The Hall–Kier alpha value is -1.72. The second-order valence-corrected chi connectivity index (χ2v) is 7.61. The quantitative estimate of drug-likeness (QED) is 0.848. The van der Waals surface area contributed by atoms with E-state index in [1.165, 1.54) is 18.9 Å². The van der Waals surface area contributed by atoms with Gasteiger partial charge in [-0.05, 0) is 55.6 Å². The Labute approximate surface area is 146 Å². The third-order valence-corrected chi connectivity index (χ3v) is 6.41. The summed E-state index contributed by atoms with van der Waals surface area (Å²) in [6.45, 7) is 3.65. The highest BCUT2D eigenvalue weighted by Gasteiger charge is 2.53. The Balaban J connectivity index is 1.52. The lowest BCUT2D eigenvalue weighted by Crippen LogP contribution is -2.60. The van der Waals surface area contributed by atoms with E-state index in [1.54, 1.807) is 18.4 Å². The molecule has 0 saturated carbocycles. The van der Waals surface area contributed by atoms with E-state index in [-0.39, 0.29) is 12.0 Å². The van der Waals surface area contributed by atoms with Gasteiger partial charge in [0.1, 0.15) is 5.76 Å². The summed E-state index contributed by atoms with van der Waals surface area (Å²) in [6.07, 6.45) is 4.10. The standard InChI is InChI=1S/C20H22F2N2O/c21-17-5-1-4-15(18(17)22)16-12-24(11-14-3-2-10-25-14)19-13-6-8-23(9-7-13)20(16)19/h1-5,10,13,16,19-20H,6-9,11-12H2/t16-,19+,20+/m0/s1. The molecule has 132 valence electrons. The van der Waals surface area contributed by atoms with Gasteiger partial charge in [-0.2, -0.15) is 0 Å². The van der Waals surface area contributed by atoms with Crippen LogP contribution < -0.4 is 0 Å². The summed E-state index contributed by atoms with van der Waals surface area (Å²) >= 11 is 0. The molecule has 4 aliphatic rings. The van der Waals surface area contributed by atoms with Gasteiger partial charge in [-0.1, -0.05) is 12.1 Å². The molecule has 0 aliphatic carbocycles. The van der Waals surface area contributed by atoms with Gasteiger partial charge >= 0.3 is 0 Å². The fourth-order valence-corrected chi connectivity index (χ4v) is 5.40. The highest BCUT2D eigenvalue weighted by Crippen LogP contribution is 2.47. The normalized spacial score (nSPS) is 34.4. The van der Waals surface area contributed by atoms with Crippen molar-refractivity contribution >= 4 is 0 Å². The fraction of sp³-hybridized carbons (Fsp3) is 0.500. The molecule has 4 saturated heterocycles. The van der Waals surface area contributed by atoms with Crippen molar-refractivity contribution in [3.63, 3.8) is 0 Å². The molecule has 2 bridgehead atoms. The first-order chi connectivity index (χ1) is 12.2. The Morgan fingerprint density at radius 1 is 1.04 bits per heavy atom. The summed E-state index contributed by atoms with van der Waals surface area (Å²) in [7, 11) is 0. The second-order valence-electron chi connectivity index (χ2n) is 7.61. The number of hydrogen-bond donors (Lipinski definition) is 0. The molecule has 4 fully saturated rings. The molecule has 0 amide bonds. The minimum absolute atomic E-state index is 0.0127. The lowest BCUT2D eigenvalue weighted by atomic mass is 9.75. The van der Waals surface area contributed by atoms with Crippen LogP contribution >= 0.6 is 0 Å². The molecular weight excluding hydrogens is 322 g/mol. The van der Waals surface area contributed by atoms with Crippen molar-refractivity contribution in [2.75, 3.05) is 19.6 Å². The van der Waals surface area contributed by atoms with Crippen LogP contribution in [0.25, 0.3) is 0 Å². The summed E-state index contributed by atoms with van der Waals surface area (Å²) < 4.78 is 33.9. The van der Waals surface area contributed by atoms with Gasteiger partial charge < -0.3 is 4.42 Å². The monoisotopic (exact) mass is 344 g/mol. The summed E-state index contributed by atoms with van der Waals surface area (Å²) in [5.41, 5.74) is 0.532. The molecule has 0 N–H and O–H groups in total. The van der Waals surface area contributed by atoms with Crippen molar-refractivity contribution in [3.8, 4) is 0 Å². The average Bonchev–Trinajstić information content (AvgIpc) is 3.28. The maximum absolute atomic E-state index is 14.5. The number of hydrogen-bond acceptors (Lipinski definition) is 3. The summed E-state index contributed by atoms with van der Waals surface area (Å²) in [6, 6.07) is 9.18. The smallest absolute Gasteiger partial charge is 0.162 e. The maximum atomic E-state index is 14.5. The topological polar surface area (TPSA) is 19.6 Å². The van der Waals surface area contributed by atoms with Gasteiger partial charge in [-0.15, -0.1) is 0 Å². The lowest BCUT2D eigenvalue weighted by Gasteiger charge is -2.51. The van der Waals surface area contributed by atoms with E-state index in [0.29, 0.717) is 17.5 Å². The van der Waals surface area contributed by atoms with Crippen LogP contribution in [0.4, 0.5) is 8.78 Å². The molecule has 2 aromatic rings. The number of benzene rings is 1. The molecule has 4 aliphatic heterocycles. The SMILES string of the molecule is Fc1cccc([C@@H]2CN(Cc3ccco3)[C@@H]3C4CCN(CC4)[C@@H]32)c1F. The number of rotatable bonds is 3. The van der Waals surface area contributed by atoms with Gasteiger partial charge in [0.15, 0.2) is 11.6 Å². The zero-order valence-corrected chi connectivity index (χ0v) is 14.1. The van der Waals surface area contributed by atoms with Crippen LogP contribution in [0.15, 0.2) is 41.0 Å². The summed E-state index contributed by atoms with van der Waals surface area (Å²) in [5.74, 6) is 0.184. The zero-order valence-electron chi connectivity index (χ0n) is 14.1. The largest absolute Gasteiger partial charge is 0.468 e. The van der Waals surface area contributed by atoms with Crippen LogP contribution in [0.5, 0.6) is 0 Å². The molecule has 0 spiro atoms. The van der Waals surface area contributed by atoms with Crippen LogP contribution in [0.3, 0.4) is 0 Å². The molecule has 6 rings (SSSR count). The van der Waals surface area contributed by atoms with E-state index in [1.807, 2.05) is 12.1 Å². The van der Waals surface area contributed by atoms with E-state index < -0.39 is 11.6 Å². The van der Waals surface area contributed by atoms with Gasteiger partial charge in [0.2, 0.25) is 0 Å². The number of furan rings is 1. The second kappa shape index (κ2) is 5.92. The number of fused-ring (bicyclic) bond motifs is 2. The van der Waals surface area contributed by atoms with Crippen molar-refractivity contribution in [2.24, 2.45) is 5.92 Å². The highest BCUT2D eigenvalue weighted by atomic mass is 19.2. The van der Waals surface area contributed by atoms with E-state index >= 15 is 0 Å². The van der Waals surface area contributed by atoms with Crippen molar-refractivity contribution < 1.29 is 13.2 Å². The minimum Gasteiger partial charge on any atom is -0.468 e. The van der Waals surface area contributed by atoms with Gasteiger partial charge in [0.25, 0.3) is 0 Å². The predicted molar refractivity (Wildman–Crippen MR) is 90.1 cm³/mol. The number of piperidine rings is 3. The van der Waals surface area contributed by atoms with Crippen LogP contribution in [-0.2, 0) is 6.54 Å².